The molecule has 7 nitrogen and oxygen atoms in total. The molecule has 23 heavy (non-hydrogen) atoms. The minimum atomic E-state index is -1.30. The zero-order valence-electron chi connectivity index (χ0n) is 12.4. The minimum Gasteiger partial charge on any atom is -0.462 e. The van der Waals surface area contributed by atoms with Gasteiger partial charge in [-0.3, -0.25) is 4.79 Å². The van der Waals surface area contributed by atoms with Crippen molar-refractivity contribution in [3.63, 3.8) is 0 Å². The van der Waals surface area contributed by atoms with Gasteiger partial charge in [-0.25, -0.2) is 4.79 Å². The van der Waals surface area contributed by atoms with E-state index in [2.05, 4.69) is 4.98 Å². The average molecular weight is 316 g/mol. The van der Waals surface area contributed by atoms with Crippen LogP contribution in [0.5, 0.6) is 0 Å². The Morgan fingerprint density at radius 1 is 1.43 bits per heavy atom. The summed E-state index contributed by atoms with van der Waals surface area (Å²) in [6.07, 6.45) is -1.52. The van der Waals surface area contributed by atoms with Crippen molar-refractivity contribution in [2.75, 3.05) is 6.61 Å². The Morgan fingerprint density at radius 2 is 2.17 bits per heavy atom. The van der Waals surface area contributed by atoms with Crippen LogP contribution in [0.1, 0.15) is 35.4 Å². The summed E-state index contributed by atoms with van der Waals surface area (Å²) in [5.74, 6) is -0.730. The van der Waals surface area contributed by atoms with E-state index in [1.54, 1.807) is 19.1 Å². The van der Waals surface area contributed by atoms with E-state index in [1.165, 1.54) is 18.3 Å². The van der Waals surface area contributed by atoms with Gasteiger partial charge in [-0.05, 0) is 24.6 Å². The summed E-state index contributed by atoms with van der Waals surface area (Å²) in [5, 5.41) is 28.5. The number of nitrogens with zero attached hydrogens (tertiary/aromatic N) is 1. The van der Waals surface area contributed by atoms with E-state index in [9.17, 15) is 19.8 Å². The van der Waals surface area contributed by atoms with Crippen LogP contribution in [-0.4, -0.2) is 33.9 Å². The van der Waals surface area contributed by atoms with Gasteiger partial charge < -0.3 is 19.9 Å². The van der Waals surface area contributed by atoms with Crippen LogP contribution in [0.15, 0.2) is 29.2 Å². The Morgan fingerprint density at radius 3 is 2.83 bits per heavy atom. The molecule has 0 radical (unpaired) electrons. The third-order valence-electron chi connectivity index (χ3n) is 3.41. The number of benzene rings is 1. The first-order valence-corrected chi connectivity index (χ1v) is 7.05. The molecule has 0 aliphatic carbocycles. The van der Waals surface area contributed by atoms with Gasteiger partial charge in [0.15, 0.2) is 0 Å². The highest BCUT2D eigenvalue weighted by Gasteiger charge is 2.20. The molecule has 2 aromatic rings. The number of aliphatic hydroxyl groups excluding tert-OH is 2. The lowest BCUT2D eigenvalue weighted by Crippen LogP contribution is -2.20. The third-order valence-corrected chi connectivity index (χ3v) is 3.41. The maximum Gasteiger partial charge on any atom is 0.343 e. The number of esters is 1. The summed E-state index contributed by atoms with van der Waals surface area (Å²) in [7, 11) is 0. The second-order valence-electron chi connectivity index (χ2n) is 4.93. The standard InChI is InChI=1S/C16H16N2O5/c1-2-23-16(22)11-8-18-12-4-3-9(7-10(12)15(11)21)14(20)13(19)5-6-17/h3-4,7-8,13-14,19-20H,2,5H2,1H3,(H,18,21). The van der Waals surface area contributed by atoms with Crippen molar-refractivity contribution >= 4 is 16.9 Å². The lowest BCUT2D eigenvalue weighted by molar-refractivity contribution is 0.0217. The Bertz CT molecular complexity index is 821. The smallest absolute Gasteiger partial charge is 0.343 e. The first-order valence-electron chi connectivity index (χ1n) is 7.05. The highest BCUT2D eigenvalue weighted by molar-refractivity contribution is 5.93. The van der Waals surface area contributed by atoms with Crippen LogP contribution in [0.4, 0.5) is 0 Å². The number of aromatic nitrogens is 1. The molecule has 0 saturated carbocycles. The largest absolute Gasteiger partial charge is 0.462 e. The van der Waals surface area contributed by atoms with Gasteiger partial charge in [-0.15, -0.1) is 0 Å². The second-order valence-corrected chi connectivity index (χ2v) is 4.93. The monoisotopic (exact) mass is 316 g/mol. The van der Waals surface area contributed by atoms with Crippen molar-refractivity contribution in [2.24, 2.45) is 0 Å². The maximum absolute atomic E-state index is 12.4. The van der Waals surface area contributed by atoms with E-state index < -0.39 is 23.6 Å². The third kappa shape index (κ3) is 3.39. The number of nitriles is 1. The van der Waals surface area contributed by atoms with Gasteiger partial charge in [0.1, 0.15) is 11.7 Å². The highest BCUT2D eigenvalue weighted by atomic mass is 16.5. The van der Waals surface area contributed by atoms with Crippen molar-refractivity contribution in [3.05, 3.63) is 45.7 Å². The van der Waals surface area contributed by atoms with Crippen LogP contribution in [-0.2, 0) is 4.74 Å². The predicted molar refractivity (Wildman–Crippen MR) is 81.7 cm³/mol. The molecule has 0 saturated heterocycles. The molecular weight excluding hydrogens is 300 g/mol. The minimum absolute atomic E-state index is 0.136. The summed E-state index contributed by atoms with van der Waals surface area (Å²) in [6.45, 7) is 1.79. The van der Waals surface area contributed by atoms with Crippen LogP contribution in [0.3, 0.4) is 0 Å². The Kier molecular flexibility index (Phi) is 5.11. The number of carbonyl (C=O) groups excluding carboxylic acids is 1. The molecule has 0 aliphatic rings. The molecule has 0 amide bonds. The second kappa shape index (κ2) is 7.05. The number of carbonyl (C=O) groups is 1. The van der Waals surface area contributed by atoms with Crippen molar-refractivity contribution in [1.82, 2.24) is 4.98 Å². The van der Waals surface area contributed by atoms with E-state index in [0.29, 0.717) is 5.52 Å². The first-order chi connectivity index (χ1) is 11.0. The van der Waals surface area contributed by atoms with Crippen LogP contribution >= 0.6 is 0 Å². The summed E-state index contributed by atoms with van der Waals surface area (Å²) >= 11 is 0. The van der Waals surface area contributed by atoms with Gasteiger partial charge in [0.25, 0.3) is 0 Å². The van der Waals surface area contributed by atoms with Crippen molar-refractivity contribution in [2.45, 2.75) is 25.6 Å². The zero-order chi connectivity index (χ0) is 17.0. The van der Waals surface area contributed by atoms with E-state index >= 15 is 0 Å². The first kappa shape index (κ1) is 16.7. The number of aliphatic hydroxyl groups is 2. The number of ether oxygens (including phenoxy) is 1. The quantitative estimate of drug-likeness (QED) is 0.707. The number of pyridine rings is 1. The molecule has 1 aromatic heterocycles. The molecule has 0 spiro atoms. The number of aromatic amines is 1. The van der Waals surface area contributed by atoms with Crippen molar-refractivity contribution in [1.29, 1.82) is 5.26 Å². The normalized spacial score (nSPS) is 13.3. The van der Waals surface area contributed by atoms with Gasteiger partial charge >= 0.3 is 5.97 Å². The van der Waals surface area contributed by atoms with Gasteiger partial charge in [0.05, 0.1) is 25.2 Å². The average Bonchev–Trinajstić information content (AvgIpc) is 2.54. The molecule has 0 fully saturated rings. The van der Waals surface area contributed by atoms with E-state index in [4.69, 9.17) is 10.00 Å². The number of rotatable bonds is 5. The molecule has 0 bridgehead atoms. The summed E-state index contributed by atoms with van der Waals surface area (Å²) in [6, 6.07) is 6.25. The van der Waals surface area contributed by atoms with E-state index in [0.717, 1.165) is 0 Å². The van der Waals surface area contributed by atoms with E-state index in [-0.39, 0.29) is 29.5 Å². The molecule has 0 aliphatic heterocycles. The van der Waals surface area contributed by atoms with Gasteiger partial charge in [0, 0.05) is 17.1 Å². The Labute approximate surface area is 131 Å². The SMILES string of the molecule is CCOC(=O)c1c[nH]c2ccc(C(O)C(O)CC#N)cc2c1=O. The molecule has 7 heteroatoms. The van der Waals surface area contributed by atoms with Gasteiger partial charge in [0.2, 0.25) is 5.43 Å². The van der Waals surface area contributed by atoms with E-state index in [1.807, 2.05) is 0 Å². The number of hydrogen-bond acceptors (Lipinski definition) is 6. The van der Waals surface area contributed by atoms with Crippen LogP contribution in [0.2, 0.25) is 0 Å². The van der Waals surface area contributed by atoms with Gasteiger partial charge in [-0.2, -0.15) is 5.26 Å². The van der Waals surface area contributed by atoms with Crippen molar-refractivity contribution < 1.29 is 19.7 Å². The van der Waals surface area contributed by atoms with Crippen LogP contribution < -0.4 is 5.43 Å². The molecule has 1 heterocycles. The fourth-order valence-corrected chi connectivity index (χ4v) is 2.21. The van der Waals surface area contributed by atoms with Crippen LogP contribution in [0, 0.1) is 11.3 Å². The van der Waals surface area contributed by atoms with Crippen molar-refractivity contribution in [3.8, 4) is 6.07 Å². The van der Waals surface area contributed by atoms with Crippen LogP contribution in [0.25, 0.3) is 10.9 Å². The molecular formula is C16H16N2O5. The number of fused-ring (bicyclic) bond motifs is 1. The number of H-pyrrole nitrogens is 1. The lowest BCUT2D eigenvalue weighted by Gasteiger charge is -2.16. The molecule has 120 valence electrons. The van der Waals surface area contributed by atoms with Gasteiger partial charge in [-0.1, -0.05) is 6.07 Å². The fraction of sp³-hybridized carbons (Fsp3) is 0.312. The molecule has 1 aromatic carbocycles. The summed E-state index contributed by atoms with van der Waals surface area (Å²) in [5.41, 5.74) is 0.102. The Balaban J connectivity index is 2.49. The fourth-order valence-electron chi connectivity index (χ4n) is 2.21. The number of hydrogen-bond donors (Lipinski definition) is 3. The molecule has 2 rings (SSSR count). The summed E-state index contributed by atoms with van der Waals surface area (Å²) < 4.78 is 4.82. The molecule has 2 unspecified atom stereocenters. The summed E-state index contributed by atoms with van der Waals surface area (Å²) in [4.78, 5) is 27.0. The zero-order valence-corrected chi connectivity index (χ0v) is 12.4. The highest BCUT2D eigenvalue weighted by Crippen LogP contribution is 2.21. The number of nitrogens with one attached hydrogen (secondary N) is 1. The molecule has 3 N–H and O–H groups in total. The lowest BCUT2D eigenvalue weighted by atomic mass is 10.00. The topological polar surface area (TPSA) is 123 Å². The predicted octanol–water partition coefficient (Wildman–Crippen LogP) is 1.01. The maximum atomic E-state index is 12.4. The Hall–Kier alpha value is -2.69. The molecule has 2 atom stereocenters.